The van der Waals surface area contributed by atoms with Crippen LogP contribution in [0.5, 0.6) is 0 Å². The number of rotatable bonds is 7. The second-order valence-corrected chi connectivity index (χ2v) is 10.3. The van der Waals surface area contributed by atoms with E-state index in [1.54, 1.807) is 13.0 Å². The van der Waals surface area contributed by atoms with Crippen molar-refractivity contribution in [2.45, 2.75) is 63.5 Å². The average molecular weight is 560 g/mol. The zero-order valence-electron chi connectivity index (χ0n) is 21.6. The van der Waals surface area contributed by atoms with Gasteiger partial charge in [0.25, 0.3) is 0 Å². The minimum Gasteiger partial charge on any atom is -0.373 e. The van der Waals surface area contributed by atoms with Crippen molar-refractivity contribution in [3.63, 3.8) is 0 Å². The largest absolute Gasteiger partial charge is 0.411 e. The van der Waals surface area contributed by atoms with Crippen LogP contribution in [0, 0.1) is 18.6 Å². The van der Waals surface area contributed by atoms with Crippen molar-refractivity contribution in [3.8, 4) is 11.3 Å². The summed E-state index contributed by atoms with van der Waals surface area (Å²) < 4.78 is 79.4. The molecule has 7 nitrogen and oxygen atoms in total. The Morgan fingerprint density at radius 2 is 1.90 bits per heavy atom. The molecule has 1 aliphatic heterocycles. The van der Waals surface area contributed by atoms with Crippen LogP contribution in [-0.2, 0) is 16.1 Å². The second-order valence-electron chi connectivity index (χ2n) is 10.3. The Morgan fingerprint density at radius 1 is 1.07 bits per heavy atom. The zero-order chi connectivity index (χ0) is 28.0. The van der Waals surface area contributed by atoms with Crippen LogP contribution < -0.4 is 0 Å². The predicted octanol–water partition coefficient (Wildman–Crippen LogP) is 6.52. The van der Waals surface area contributed by atoms with Crippen molar-refractivity contribution in [2.24, 2.45) is 0 Å². The van der Waals surface area contributed by atoms with E-state index in [0.29, 0.717) is 42.4 Å². The third-order valence-corrected chi connectivity index (χ3v) is 7.25. The van der Waals surface area contributed by atoms with Gasteiger partial charge in [0.2, 0.25) is 0 Å². The number of fused-ring (bicyclic) bond motifs is 1. The van der Waals surface area contributed by atoms with E-state index in [4.69, 9.17) is 14.5 Å². The highest BCUT2D eigenvalue weighted by molar-refractivity contribution is 5.89. The third kappa shape index (κ3) is 5.68. The van der Waals surface area contributed by atoms with Gasteiger partial charge in [-0.25, -0.2) is 23.7 Å². The van der Waals surface area contributed by atoms with E-state index in [9.17, 15) is 17.6 Å². The molecule has 0 amide bonds. The molecule has 1 aromatic carbocycles. The fourth-order valence-corrected chi connectivity index (χ4v) is 5.03. The molecule has 3 aromatic heterocycles. The molecule has 0 bridgehead atoms. The number of aromatic nitrogens is 5. The maximum atomic E-state index is 15.0. The van der Waals surface area contributed by atoms with Gasteiger partial charge in [-0.3, -0.25) is 4.68 Å². The van der Waals surface area contributed by atoms with E-state index in [1.165, 1.54) is 6.07 Å². The molecule has 6 rings (SSSR count). The molecular weight excluding hydrogens is 533 g/mol. The van der Waals surface area contributed by atoms with Crippen molar-refractivity contribution >= 4 is 11.0 Å². The zero-order valence-corrected chi connectivity index (χ0v) is 21.6. The smallest absolute Gasteiger partial charge is 0.373 e. The molecule has 4 aromatic rings. The summed E-state index contributed by atoms with van der Waals surface area (Å²) >= 11 is 0. The molecule has 1 aliphatic carbocycles. The van der Waals surface area contributed by atoms with Crippen molar-refractivity contribution < 1.29 is 31.4 Å². The average Bonchev–Trinajstić information content (AvgIpc) is 3.64. The summed E-state index contributed by atoms with van der Waals surface area (Å²) in [4.78, 5) is 13.9. The van der Waals surface area contributed by atoms with E-state index in [-0.39, 0.29) is 34.5 Å². The predicted molar refractivity (Wildman–Crippen MR) is 134 cm³/mol. The van der Waals surface area contributed by atoms with Crippen LogP contribution in [0.2, 0.25) is 0 Å². The van der Waals surface area contributed by atoms with Gasteiger partial charge in [0.05, 0.1) is 41.9 Å². The molecule has 2 fully saturated rings. The number of benzene rings is 1. The van der Waals surface area contributed by atoms with Crippen molar-refractivity contribution in [3.05, 3.63) is 70.9 Å². The van der Waals surface area contributed by atoms with Crippen LogP contribution in [0.1, 0.15) is 66.4 Å². The van der Waals surface area contributed by atoms with Gasteiger partial charge in [-0.05, 0) is 50.8 Å². The molecule has 1 saturated heterocycles. The highest BCUT2D eigenvalue weighted by Gasteiger charge is 2.31. The molecule has 0 radical (unpaired) electrons. The van der Waals surface area contributed by atoms with E-state index in [0.717, 1.165) is 30.5 Å². The van der Waals surface area contributed by atoms with Gasteiger partial charge < -0.3 is 9.47 Å². The highest BCUT2D eigenvalue weighted by Crippen LogP contribution is 2.40. The molecule has 2 unspecified atom stereocenters. The Hall–Kier alpha value is -3.51. The summed E-state index contributed by atoms with van der Waals surface area (Å²) in [5.41, 5.74) is 2.96. The lowest BCUT2D eigenvalue weighted by atomic mass is 9.89. The first-order valence-electron chi connectivity index (χ1n) is 13.1. The lowest BCUT2D eigenvalue weighted by Gasteiger charge is -2.29. The van der Waals surface area contributed by atoms with Crippen molar-refractivity contribution in [1.82, 2.24) is 24.7 Å². The molecular formula is C28H26F5N5O2. The van der Waals surface area contributed by atoms with Gasteiger partial charge >= 0.3 is 6.18 Å². The maximum absolute atomic E-state index is 15.0. The topological polar surface area (TPSA) is 75.0 Å². The molecule has 2 aliphatic rings. The summed E-state index contributed by atoms with van der Waals surface area (Å²) in [7, 11) is 0. The Bertz CT molecular complexity index is 1550. The van der Waals surface area contributed by atoms with Gasteiger partial charge in [0.1, 0.15) is 29.5 Å². The first kappa shape index (κ1) is 26.7. The molecule has 40 heavy (non-hydrogen) atoms. The molecule has 1 saturated carbocycles. The minimum absolute atomic E-state index is 0.0166. The normalized spacial score (nSPS) is 19.9. The van der Waals surface area contributed by atoms with Crippen molar-refractivity contribution in [1.29, 1.82) is 0 Å². The van der Waals surface area contributed by atoms with Crippen LogP contribution >= 0.6 is 0 Å². The number of pyridine rings is 1. The molecule has 210 valence electrons. The van der Waals surface area contributed by atoms with E-state index >= 15 is 4.39 Å². The lowest BCUT2D eigenvalue weighted by Crippen LogP contribution is -2.20. The molecule has 0 spiro atoms. The summed E-state index contributed by atoms with van der Waals surface area (Å²) in [5.74, 6) is -1.63. The van der Waals surface area contributed by atoms with Gasteiger partial charge in [0.15, 0.2) is 0 Å². The number of alkyl halides is 3. The Labute approximate surface area is 226 Å². The van der Waals surface area contributed by atoms with E-state index in [2.05, 4.69) is 15.1 Å². The monoisotopic (exact) mass is 559 g/mol. The first-order valence-corrected chi connectivity index (χ1v) is 13.1. The Balaban J connectivity index is 1.37. The Kier molecular flexibility index (Phi) is 6.99. The van der Waals surface area contributed by atoms with Crippen LogP contribution in [0.4, 0.5) is 22.0 Å². The SMILES string of the molecule is Cc1nc2cc(C3CCOC(c4cnn(C5CC5)c4)C3)nc(-c3ccc(F)cc3F)c2nc1COCC(F)(F)F. The fourth-order valence-electron chi connectivity index (χ4n) is 5.03. The standard InChI is InChI=1S/C28H26F5N5O2/c1-15-24(13-39-14-28(31,32)33)37-27-23(35-15)10-22(36-26(27)20-5-2-18(29)9-21(20)30)16-6-7-40-25(8-16)17-11-34-38(12-17)19-3-4-19/h2,5,9-12,16,19,25H,3-4,6-8,13-14H2,1H3. The van der Waals surface area contributed by atoms with Crippen molar-refractivity contribution in [2.75, 3.05) is 13.2 Å². The van der Waals surface area contributed by atoms with Crippen LogP contribution in [0.25, 0.3) is 22.3 Å². The van der Waals surface area contributed by atoms with Gasteiger partial charge in [-0.1, -0.05) is 0 Å². The molecule has 2 atom stereocenters. The number of nitrogens with zero attached hydrogens (tertiary/aromatic N) is 5. The highest BCUT2D eigenvalue weighted by atomic mass is 19.4. The van der Waals surface area contributed by atoms with Gasteiger partial charge in [0, 0.05) is 41.6 Å². The van der Waals surface area contributed by atoms with Crippen LogP contribution in [0.3, 0.4) is 0 Å². The second kappa shape index (κ2) is 10.5. The third-order valence-electron chi connectivity index (χ3n) is 7.25. The Morgan fingerprint density at radius 3 is 2.65 bits per heavy atom. The van der Waals surface area contributed by atoms with Crippen LogP contribution in [0.15, 0.2) is 36.7 Å². The van der Waals surface area contributed by atoms with Gasteiger partial charge in [-0.15, -0.1) is 0 Å². The number of hydrogen-bond acceptors (Lipinski definition) is 6. The molecule has 0 N–H and O–H groups in total. The quantitative estimate of drug-likeness (QED) is 0.240. The minimum atomic E-state index is -4.49. The summed E-state index contributed by atoms with van der Waals surface area (Å²) in [6.45, 7) is 0.244. The summed E-state index contributed by atoms with van der Waals surface area (Å²) in [5, 5.41) is 4.47. The maximum Gasteiger partial charge on any atom is 0.411 e. The fraction of sp³-hybridized carbons (Fsp3) is 0.429. The van der Waals surface area contributed by atoms with E-state index < -0.39 is 31.0 Å². The van der Waals surface area contributed by atoms with Gasteiger partial charge in [-0.2, -0.15) is 18.3 Å². The number of halogens is 5. The van der Waals surface area contributed by atoms with Crippen LogP contribution in [-0.4, -0.2) is 44.1 Å². The molecule has 4 heterocycles. The first-order chi connectivity index (χ1) is 19.1. The van der Waals surface area contributed by atoms with E-state index in [1.807, 2.05) is 17.1 Å². The number of hydrogen-bond donors (Lipinski definition) is 0. The molecule has 12 heteroatoms. The number of ether oxygens (including phenoxy) is 2. The summed E-state index contributed by atoms with van der Waals surface area (Å²) in [6.07, 6.45) is 2.71. The number of aryl methyl sites for hydroxylation is 1. The summed E-state index contributed by atoms with van der Waals surface area (Å²) in [6, 6.07) is 5.38. The lowest BCUT2D eigenvalue weighted by molar-refractivity contribution is -0.176.